The number of aromatic nitrogens is 2. The van der Waals surface area contributed by atoms with E-state index in [0.29, 0.717) is 27.6 Å². The van der Waals surface area contributed by atoms with Crippen LogP contribution < -0.4 is 5.11 Å². The van der Waals surface area contributed by atoms with Crippen LogP contribution in [0.3, 0.4) is 0 Å². The van der Waals surface area contributed by atoms with E-state index in [9.17, 15) is 20.0 Å². The van der Waals surface area contributed by atoms with E-state index in [4.69, 9.17) is 11.6 Å². The third kappa shape index (κ3) is 2.97. The lowest BCUT2D eigenvalue weighted by molar-refractivity contribution is -0.384. The predicted molar refractivity (Wildman–Crippen MR) is 86.3 cm³/mol. The quantitative estimate of drug-likeness (QED) is 0.411. The number of pyridine rings is 1. The summed E-state index contributed by atoms with van der Waals surface area (Å²) in [4.78, 5) is 25.6. The van der Waals surface area contributed by atoms with Gasteiger partial charge in [-0.05, 0) is 24.3 Å². The molecule has 2 heterocycles. The Labute approximate surface area is 140 Å². The molecule has 3 aromatic rings. The van der Waals surface area contributed by atoms with Crippen LogP contribution in [0.5, 0.6) is 0 Å². The maximum absolute atomic E-state index is 11.0. The summed E-state index contributed by atoms with van der Waals surface area (Å²) in [6.45, 7) is 0. The number of non-ortho nitro benzene ring substituents is 1. The van der Waals surface area contributed by atoms with Gasteiger partial charge in [-0.15, -0.1) is 0 Å². The number of nitrogens with zero attached hydrogens (tertiary/aromatic N) is 3. The average molecular weight is 343 g/mol. The Bertz CT molecular complexity index is 994. The molecule has 0 amide bonds. The third-order valence-corrected chi connectivity index (χ3v) is 3.55. The second-order valence-electron chi connectivity index (χ2n) is 4.88. The highest BCUT2D eigenvalue weighted by atomic mass is 35.5. The Morgan fingerprint density at radius 2 is 2.08 bits per heavy atom. The second-order valence-corrected chi connectivity index (χ2v) is 5.32. The summed E-state index contributed by atoms with van der Waals surface area (Å²) < 4.78 is 1.61. The Kier molecular flexibility index (Phi) is 4.01. The van der Waals surface area contributed by atoms with Crippen molar-refractivity contribution in [2.45, 2.75) is 0 Å². The summed E-state index contributed by atoms with van der Waals surface area (Å²) >= 11 is 5.98. The largest absolute Gasteiger partial charge is 0.545 e. The molecule has 3 rings (SSSR count). The van der Waals surface area contributed by atoms with Gasteiger partial charge < -0.3 is 9.90 Å². The summed E-state index contributed by atoms with van der Waals surface area (Å²) in [5.74, 6) is -1.36. The fourth-order valence-electron chi connectivity index (χ4n) is 2.32. The van der Waals surface area contributed by atoms with Crippen LogP contribution >= 0.6 is 11.6 Å². The van der Waals surface area contributed by atoms with Crippen molar-refractivity contribution in [2.75, 3.05) is 0 Å². The van der Waals surface area contributed by atoms with Crippen LogP contribution in [-0.2, 0) is 4.79 Å². The standard InChI is InChI=1S/C16H10ClN3O4/c17-11-4-6-14-18-16(10-2-1-3-12(8-10)20(23)24)13(19(14)9-11)5-7-15(21)22/h1-9H,(H,21,22)/p-1/b7-5+. The van der Waals surface area contributed by atoms with Gasteiger partial charge in [0.1, 0.15) is 5.65 Å². The van der Waals surface area contributed by atoms with Crippen molar-refractivity contribution in [1.29, 1.82) is 0 Å². The monoisotopic (exact) mass is 342 g/mol. The van der Waals surface area contributed by atoms with Gasteiger partial charge in [0.15, 0.2) is 0 Å². The van der Waals surface area contributed by atoms with Crippen molar-refractivity contribution in [3.05, 3.63) is 69.5 Å². The number of hydrogen-bond donors (Lipinski definition) is 0. The van der Waals surface area contributed by atoms with Crippen LogP contribution in [0.1, 0.15) is 5.69 Å². The number of halogens is 1. The Morgan fingerprint density at radius 3 is 2.79 bits per heavy atom. The highest BCUT2D eigenvalue weighted by molar-refractivity contribution is 6.30. The molecule has 0 spiro atoms. The fourth-order valence-corrected chi connectivity index (χ4v) is 2.48. The van der Waals surface area contributed by atoms with E-state index >= 15 is 0 Å². The lowest BCUT2D eigenvalue weighted by atomic mass is 10.1. The molecule has 8 heteroatoms. The number of imidazole rings is 1. The zero-order valence-electron chi connectivity index (χ0n) is 12.0. The summed E-state index contributed by atoms with van der Waals surface area (Å²) in [5, 5.41) is 22.1. The highest BCUT2D eigenvalue weighted by Gasteiger charge is 2.15. The number of benzene rings is 1. The molecular formula is C16H9ClN3O4-. The fraction of sp³-hybridized carbons (Fsp3) is 0. The molecule has 0 bridgehead atoms. The predicted octanol–water partition coefficient (Wildman–Crippen LogP) is 2.33. The molecule has 0 aliphatic heterocycles. The lowest BCUT2D eigenvalue weighted by Crippen LogP contribution is -2.18. The Hall–Kier alpha value is -3.19. The van der Waals surface area contributed by atoms with Gasteiger partial charge in [0.05, 0.1) is 27.3 Å². The van der Waals surface area contributed by atoms with Crippen LogP contribution in [0.2, 0.25) is 5.02 Å². The first-order valence-electron chi connectivity index (χ1n) is 6.77. The molecule has 2 aromatic heterocycles. The number of nitro groups is 1. The van der Waals surface area contributed by atoms with Crippen molar-refractivity contribution >= 4 is 35.0 Å². The molecule has 0 atom stereocenters. The number of fused-ring (bicyclic) bond motifs is 1. The van der Waals surface area contributed by atoms with Crippen LogP contribution in [-0.4, -0.2) is 20.3 Å². The zero-order chi connectivity index (χ0) is 17.3. The molecule has 0 fully saturated rings. The van der Waals surface area contributed by atoms with E-state index in [0.717, 1.165) is 6.08 Å². The summed E-state index contributed by atoms with van der Waals surface area (Å²) in [6.07, 6.45) is 3.77. The van der Waals surface area contributed by atoms with Gasteiger partial charge in [0, 0.05) is 23.9 Å². The number of hydrogen-bond acceptors (Lipinski definition) is 5. The lowest BCUT2D eigenvalue weighted by Gasteiger charge is -2.02. The van der Waals surface area contributed by atoms with Gasteiger partial charge in [-0.3, -0.25) is 14.5 Å². The highest BCUT2D eigenvalue weighted by Crippen LogP contribution is 2.29. The van der Waals surface area contributed by atoms with Crippen molar-refractivity contribution in [3.8, 4) is 11.3 Å². The molecule has 7 nitrogen and oxygen atoms in total. The van der Waals surface area contributed by atoms with E-state index < -0.39 is 10.9 Å². The summed E-state index contributed by atoms with van der Waals surface area (Å²) in [5.41, 5.74) is 1.76. The number of carboxylic acids is 1. The van der Waals surface area contributed by atoms with Crippen molar-refractivity contribution in [1.82, 2.24) is 9.38 Å². The van der Waals surface area contributed by atoms with Crippen LogP contribution in [0.25, 0.3) is 23.0 Å². The number of carbonyl (C=O) groups is 1. The summed E-state index contributed by atoms with van der Waals surface area (Å²) in [6, 6.07) is 9.25. The van der Waals surface area contributed by atoms with Crippen LogP contribution in [0.4, 0.5) is 5.69 Å². The number of carbonyl (C=O) groups excluding carboxylic acids is 1. The number of nitro benzene ring substituents is 1. The maximum atomic E-state index is 11.0. The molecule has 0 unspecified atom stereocenters. The Balaban J connectivity index is 2.27. The van der Waals surface area contributed by atoms with E-state index in [1.54, 1.807) is 28.8 Å². The van der Waals surface area contributed by atoms with Crippen LogP contribution in [0, 0.1) is 10.1 Å². The zero-order valence-corrected chi connectivity index (χ0v) is 12.8. The first-order chi connectivity index (χ1) is 11.5. The van der Waals surface area contributed by atoms with E-state index in [1.165, 1.54) is 24.3 Å². The van der Waals surface area contributed by atoms with Crippen molar-refractivity contribution < 1.29 is 14.8 Å². The van der Waals surface area contributed by atoms with Gasteiger partial charge in [-0.2, -0.15) is 0 Å². The van der Waals surface area contributed by atoms with Crippen molar-refractivity contribution in [3.63, 3.8) is 0 Å². The maximum Gasteiger partial charge on any atom is 0.270 e. The average Bonchev–Trinajstić information content (AvgIpc) is 2.90. The Morgan fingerprint density at radius 1 is 1.29 bits per heavy atom. The molecule has 1 aromatic carbocycles. The SMILES string of the molecule is O=C([O-])/C=C/c1c(-c2cccc([N+](=O)[O-])c2)nc2ccc(Cl)cn12. The molecule has 120 valence electrons. The number of rotatable bonds is 4. The summed E-state index contributed by atoms with van der Waals surface area (Å²) in [7, 11) is 0. The number of carboxylic acid groups (broad SMARTS) is 1. The smallest absolute Gasteiger partial charge is 0.270 e. The topological polar surface area (TPSA) is 101 Å². The molecule has 0 N–H and O–H groups in total. The van der Waals surface area contributed by atoms with Gasteiger partial charge in [0.25, 0.3) is 5.69 Å². The molecule has 0 aliphatic rings. The molecule has 0 saturated carbocycles. The minimum atomic E-state index is -1.36. The third-order valence-electron chi connectivity index (χ3n) is 3.33. The van der Waals surface area contributed by atoms with Crippen LogP contribution in [0.15, 0.2) is 48.7 Å². The first-order valence-corrected chi connectivity index (χ1v) is 7.15. The molecule has 24 heavy (non-hydrogen) atoms. The molecule has 0 saturated heterocycles. The first kappa shape index (κ1) is 15.7. The van der Waals surface area contributed by atoms with Gasteiger partial charge in [-0.25, -0.2) is 4.98 Å². The number of aliphatic carboxylic acids is 1. The molecule has 0 aliphatic carbocycles. The van der Waals surface area contributed by atoms with Gasteiger partial charge in [0.2, 0.25) is 0 Å². The minimum Gasteiger partial charge on any atom is -0.545 e. The van der Waals surface area contributed by atoms with E-state index in [1.807, 2.05) is 0 Å². The van der Waals surface area contributed by atoms with E-state index in [-0.39, 0.29) is 5.69 Å². The molecular weight excluding hydrogens is 334 g/mol. The van der Waals surface area contributed by atoms with Crippen molar-refractivity contribution in [2.24, 2.45) is 0 Å². The van der Waals surface area contributed by atoms with Gasteiger partial charge >= 0.3 is 0 Å². The normalized spacial score (nSPS) is 11.2. The van der Waals surface area contributed by atoms with E-state index in [2.05, 4.69) is 4.98 Å². The molecule has 0 radical (unpaired) electrons. The second kappa shape index (κ2) is 6.13. The minimum absolute atomic E-state index is 0.0857. The van der Waals surface area contributed by atoms with Gasteiger partial charge in [-0.1, -0.05) is 23.7 Å².